The van der Waals surface area contributed by atoms with Gasteiger partial charge in [0.15, 0.2) is 11.6 Å². The first kappa shape index (κ1) is 11.1. The third-order valence-corrected chi connectivity index (χ3v) is 2.84. The van der Waals surface area contributed by atoms with E-state index in [1.165, 1.54) is 6.07 Å². The summed E-state index contributed by atoms with van der Waals surface area (Å²) in [5.74, 6) is 0.366. The molecule has 0 saturated carbocycles. The van der Waals surface area contributed by atoms with E-state index in [0.717, 1.165) is 5.56 Å². The molecule has 84 valence electrons. The van der Waals surface area contributed by atoms with Gasteiger partial charge in [-0.25, -0.2) is 4.39 Å². The van der Waals surface area contributed by atoms with Crippen molar-refractivity contribution in [1.29, 1.82) is 0 Å². The monoisotopic (exact) mass is 284 g/mol. The Bertz CT molecular complexity index is 525. The van der Waals surface area contributed by atoms with Crippen LogP contribution in [-0.2, 0) is 6.42 Å². The Morgan fingerprint density at radius 1 is 1.50 bits per heavy atom. The lowest BCUT2D eigenvalue weighted by atomic mass is 10.1. The Morgan fingerprint density at radius 2 is 2.25 bits per heavy atom. The van der Waals surface area contributed by atoms with E-state index in [1.54, 1.807) is 12.1 Å². The fourth-order valence-corrected chi connectivity index (χ4v) is 1.88. The Balaban J connectivity index is 2.58. The molecule has 0 atom stereocenters. The van der Waals surface area contributed by atoms with Crippen molar-refractivity contribution in [2.75, 3.05) is 5.73 Å². The molecule has 2 N–H and O–H groups in total. The molecule has 0 radical (unpaired) electrons. The molecular formula is C11H10BrFN2O. The van der Waals surface area contributed by atoms with E-state index in [1.807, 2.05) is 6.92 Å². The molecule has 0 fully saturated rings. The van der Waals surface area contributed by atoms with Crippen molar-refractivity contribution in [3.8, 4) is 11.3 Å². The molecule has 1 heterocycles. The summed E-state index contributed by atoms with van der Waals surface area (Å²) in [4.78, 5) is 0. The van der Waals surface area contributed by atoms with Gasteiger partial charge in [-0.1, -0.05) is 28.0 Å². The highest BCUT2D eigenvalue weighted by Gasteiger charge is 2.17. The first-order valence-corrected chi connectivity index (χ1v) is 5.62. The summed E-state index contributed by atoms with van der Waals surface area (Å²) in [5.41, 5.74) is 6.75. The lowest BCUT2D eigenvalue weighted by molar-refractivity contribution is 0.432. The number of aromatic nitrogens is 1. The summed E-state index contributed by atoms with van der Waals surface area (Å²) in [7, 11) is 0. The predicted octanol–water partition coefficient (Wildman–Crippen LogP) is 3.39. The third-order valence-electron chi connectivity index (χ3n) is 2.35. The second-order valence-corrected chi connectivity index (χ2v) is 4.27. The van der Waals surface area contributed by atoms with E-state index < -0.39 is 0 Å². The molecule has 0 aliphatic heterocycles. The number of anilines is 1. The van der Waals surface area contributed by atoms with E-state index in [4.69, 9.17) is 10.3 Å². The Kier molecular flexibility index (Phi) is 2.96. The predicted molar refractivity (Wildman–Crippen MR) is 63.4 cm³/mol. The molecular weight excluding hydrogens is 275 g/mol. The summed E-state index contributed by atoms with van der Waals surface area (Å²) >= 11 is 3.20. The SMILES string of the molecule is CCc1c(N)noc1-c1ccc(Br)cc1F. The maximum absolute atomic E-state index is 13.7. The van der Waals surface area contributed by atoms with Crippen molar-refractivity contribution in [3.63, 3.8) is 0 Å². The summed E-state index contributed by atoms with van der Waals surface area (Å²) in [6.07, 6.45) is 0.653. The fourth-order valence-electron chi connectivity index (χ4n) is 1.55. The Hall–Kier alpha value is -1.36. The number of benzene rings is 1. The van der Waals surface area contributed by atoms with Crippen LogP contribution in [0.25, 0.3) is 11.3 Å². The van der Waals surface area contributed by atoms with Crippen LogP contribution in [0.15, 0.2) is 27.2 Å². The van der Waals surface area contributed by atoms with Crippen LogP contribution in [0.5, 0.6) is 0 Å². The fraction of sp³-hybridized carbons (Fsp3) is 0.182. The van der Waals surface area contributed by atoms with Gasteiger partial charge in [-0.05, 0) is 24.6 Å². The van der Waals surface area contributed by atoms with Crippen molar-refractivity contribution in [1.82, 2.24) is 5.16 Å². The van der Waals surface area contributed by atoms with Crippen LogP contribution < -0.4 is 5.73 Å². The molecule has 2 aromatic rings. The topological polar surface area (TPSA) is 52.0 Å². The largest absolute Gasteiger partial charge is 0.381 e. The first-order valence-electron chi connectivity index (χ1n) is 4.83. The second kappa shape index (κ2) is 4.25. The number of halogens is 2. The van der Waals surface area contributed by atoms with Crippen molar-refractivity contribution >= 4 is 21.7 Å². The minimum absolute atomic E-state index is 0.319. The molecule has 16 heavy (non-hydrogen) atoms. The quantitative estimate of drug-likeness (QED) is 0.920. The highest BCUT2D eigenvalue weighted by Crippen LogP contribution is 2.31. The molecule has 0 aliphatic carbocycles. The van der Waals surface area contributed by atoms with E-state index in [9.17, 15) is 4.39 Å². The van der Waals surface area contributed by atoms with Gasteiger partial charge in [0.25, 0.3) is 0 Å². The van der Waals surface area contributed by atoms with Crippen molar-refractivity contribution in [3.05, 3.63) is 34.1 Å². The van der Waals surface area contributed by atoms with Gasteiger partial charge in [0, 0.05) is 10.0 Å². The van der Waals surface area contributed by atoms with Gasteiger partial charge in [0.2, 0.25) is 0 Å². The highest BCUT2D eigenvalue weighted by molar-refractivity contribution is 9.10. The first-order chi connectivity index (χ1) is 7.63. The number of nitrogen functional groups attached to an aromatic ring is 1. The van der Waals surface area contributed by atoms with Crippen molar-refractivity contribution < 1.29 is 8.91 Å². The number of hydrogen-bond acceptors (Lipinski definition) is 3. The van der Waals surface area contributed by atoms with Crippen LogP contribution in [0.1, 0.15) is 12.5 Å². The molecule has 0 unspecified atom stereocenters. The van der Waals surface area contributed by atoms with Crippen LogP contribution in [0.2, 0.25) is 0 Å². The zero-order valence-electron chi connectivity index (χ0n) is 8.63. The Morgan fingerprint density at radius 3 is 2.88 bits per heavy atom. The minimum atomic E-state index is -0.361. The number of nitrogens with zero attached hydrogens (tertiary/aromatic N) is 1. The van der Waals surface area contributed by atoms with Gasteiger partial charge in [0.1, 0.15) is 5.82 Å². The van der Waals surface area contributed by atoms with E-state index >= 15 is 0 Å². The van der Waals surface area contributed by atoms with Crippen LogP contribution >= 0.6 is 15.9 Å². The van der Waals surface area contributed by atoms with E-state index in [2.05, 4.69) is 21.1 Å². The van der Waals surface area contributed by atoms with Crippen LogP contribution in [0.3, 0.4) is 0 Å². The van der Waals surface area contributed by atoms with E-state index in [0.29, 0.717) is 28.0 Å². The number of rotatable bonds is 2. The maximum atomic E-state index is 13.7. The zero-order valence-corrected chi connectivity index (χ0v) is 10.2. The van der Waals surface area contributed by atoms with Gasteiger partial charge in [-0.15, -0.1) is 0 Å². The molecule has 2 rings (SSSR count). The Labute approximate surface area is 101 Å². The average Bonchev–Trinajstić information content (AvgIpc) is 2.59. The summed E-state index contributed by atoms with van der Waals surface area (Å²) in [6.45, 7) is 1.92. The van der Waals surface area contributed by atoms with Gasteiger partial charge in [-0.3, -0.25) is 0 Å². The molecule has 3 nitrogen and oxygen atoms in total. The van der Waals surface area contributed by atoms with Gasteiger partial charge < -0.3 is 10.3 Å². The summed E-state index contributed by atoms with van der Waals surface area (Å²) < 4.78 is 19.4. The molecule has 0 aliphatic rings. The lowest BCUT2D eigenvalue weighted by Gasteiger charge is -2.01. The maximum Gasteiger partial charge on any atom is 0.175 e. The molecule has 5 heteroatoms. The van der Waals surface area contributed by atoms with Gasteiger partial charge in [0.05, 0.1) is 5.56 Å². The van der Waals surface area contributed by atoms with Crippen LogP contribution in [0, 0.1) is 5.82 Å². The second-order valence-electron chi connectivity index (χ2n) is 3.35. The smallest absolute Gasteiger partial charge is 0.175 e. The third kappa shape index (κ3) is 1.82. The molecule has 0 amide bonds. The molecule has 0 saturated heterocycles. The van der Waals surface area contributed by atoms with E-state index in [-0.39, 0.29) is 5.82 Å². The molecule has 0 spiro atoms. The van der Waals surface area contributed by atoms with Gasteiger partial charge >= 0.3 is 0 Å². The van der Waals surface area contributed by atoms with Crippen molar-refractivity contribution in [2.45, 2.75) is 13.3 Å². The molecule has 1 aromatic heterocycles. The summed E-state index contributed by atoms with van der Waals surface area (Å²) in [6, 6.07) is 4.77. The van der Waals surface area contributed by atoms with Crippen LogP contribution in [0.4, 0.5) is 10.2 Å². The normalized spacial score (nSPS) is 10.7. The standard InChI is InChI=1S/C11H10BrFN2O/c1-2-7-10(16-15-11(7)14)8-4-3-6(12)5-9(8)13/h3-5H,2H2,1H3,(H2,14,15). The number of hydrogen-bond donors (Lipinski definition) is 1. The molecule has 0 bridgehead atoms. The highest BCUT2D eigenvalue weighted by atomic mass is 79.9. The molecule has 1 aromatic carbocycles. The lowest BCUT2D eigenvalue weighted by Crippen LogP contribution is -1.92. The summed E-state index contributed by atoms with van der Waals surface area (Å²) in [5, 5.41) is 3.65. The van der Waals surface area contributed by atoms with Crippen LogP contribution in [-0.4, -0.2) is 5.16 Å². The van der Waals surface area contributed by atoms with Gasteiger partial charge in [-0.2, -0.15) is 0 Å². The average molecular weight is 285 g/mol. The van der Waals surface area contributed by atoms with Crippen molar-refractivity contribution in [2.24, 2.45) is 0 Å². The number of nitrogens with two attached hydrogens (primary N) is 1. The minimum Gasteiger partial charge on any atom is -0.381 e. The zero-order chi connectivity index (χ0) is 11.7.